The van der Waals surface area contributed by atoms with Gasteiger partial charge in [-0.25, -0.2) is 4.79 Å². The zero-order valence-electron chi connectivity index (χ0n) is 13.7. The van der Waals surface area contributed by atoms with Crippen LogP contribution in [-0.4, -0.2) is 20.9 Å². The summed E-state index contributed by atoms with van der Waals surface area (Å²) < 4.78 is 3.08. The van der Waals surface area contributed by atoms with Crippen LogP contribution in [0.4, 0.5) is 5.69 Å². The first-order valence-corrected chi connectivity index (χ1v) is 7.89. The summed E-state index contributed by atoms with van der Waals surface area (Å²) in [6.45, 7) is 2.32. The number of imidazole rings is 1. The number of nitrogens with two attached hydrogens (primary N) is 1. The van der Waals surface area contributed by atoms with Crippen LogP contribution in [0.15, 0.2) is 53.3 Å². The van der Waals surface area contributed by atoms with Crippen molar-refractivity contribution in [2.24, 2.45) is 5.73 Å². The standard InChI is InChI=1S/C18H18N4O3/c1-2-21-14-5-3-4-6-15(14)22(18(21)25)11-16(23)20-13-9-7-12(8-10-13)17(19)24/h3-10H,2,11H2,1H3,(H2,19,24)(H,20,23). The molecule has 0 saturated heterocycles. The molecule has 0 spiro atoms. The van der Waals surface area contributed by atoms with Crippen molar-refractivity contribution < 1.29 is 9.59 Å². The highest BCUT2D eigenvalue weighted by atomic mass is 16.2. The zero-order chi connectivity index (χ0) is 18.0. The molecule has 3 aromatic rings. The number of benzene rings is 2. The molecule has 0 bridgehead atoms. The molecule has 1 aromatic heterocycles. The molecule has 2 aromatic carbocycles. The maximum absolute atomic E-state index is 12.5. The largest absolute Gasteiger partial charge is 0.366 e. The van der Waals surface area contributed by atoms with E-state index >= 15 is 0 Å². The SMILES string of the molecule is CCn1c(=O)n(CC(=O)Nc2ccc(C(N)=O)cc2)c2ccccc21. The first kappa shape index (κ1) is 16.5. The molecule has 7 heteroatoms. The highest BCUT2D eigenvalue weighted by Gasteiger charge is 2.14. The molecule has 0 saturated carbocycles. The minimum absolute atomic E-state index is 0.0933. The quantitative estimate of drug-likeness (QED) is 0.738. The summed E-state index contributed by atoms with van der Waals surface area (Å²) in [5.74, 6) is -0.857. The number of primary amides is 1. The summed E-state index contributed by atoms with van der Waals surface area (Å²) >= 11 is 0. The Bertz CT molecular complexity index is 999. The Kier molecular flexibility index (Phi) is 4.38. The fourth-order valence-corrected chi connectivity index (χ4v) is 2.79. The van der Waals surface area contributed by atoms with Gasteiger partial charge < -0.3 is 11.1 Å². The number of carbonyl (C=O) groups excluding carboxylic acids is 2. The van der Waals surface area contributed by atoms with Gasteiger partial charge in [0, 0.05) is 17.8 Å². The van der Waals surface area contributed by atoms with Crippen LogP contribution < -0.4 is 16.7 Å². The Labute approximate surface area is 143 Å². The number of nitrogens with zero attached hydrogens (tertiary/aromatic N) is 2. The van der Waals surface area contributed by atoms with Crippen molar-refractivity contribution in [2.75, 3.05) is 5.32 Å². The minimum atomic E-state index is -0.531. The lowest BCUT2D eigenvalue weighted by Gasteiger charge is -2.07. The molecule has 0 aliphatic heterocycles. The maximum atomic E-state index is 12.5. The third-order valence-electron chi connectivity index (χ3n) is 4.00. The second kappa shape index (κ2) is 6.64. The molecule has 3 N–H and O–H groups in total. The van der Waals surface area contributed by atoms with E-state index in [1.54, 1.807) is 16.7 Å². The van der Waals surface area contributed by atoms with Crippen molar-refractivity contribution >= 4 is 28.5 Å². The summed E-state index contributed by atoms with van der Waals surface area (Å²) in [6.07, 6.45) is 0. The highest BCUT2D eigenvalue weighted by molar-refractivity contribution is 5.95. The second-order valence-electron chi connectivity index (χ2n) is 5.59. The molecule has 128 valence electrons. The van der Waals surface area contributed by atoms with Gasteiger partial charge in [-0.15, -0.1) is 0 Å². The van der Waals surface area contributed by atoms with Crippen LogP contribution in [0.25, 0.3) is 11.0 Å². The second-order valence-corrected chi connectivity index (χ2v) is 5.59. The lowest BCUT2D eigenvalue weighted by Crippen LogP contribution is -2.29. The Morgan fingerprint density at radius 2 is 1.60 bits per heavy atom. The van der Waals surface area contributed by atoms with E-state index in [9.17, 15) is 14.4 Å². The fourth-order valence-electron chi connectivity index (χ4n) is 2.79. The van der Waals surface area contributed by atoms with Crippen molar-refractivity contribution in [1.82, 2.24) is 9.13 Å². The third-order valence-corrected chi connectivity index (χ3v) is 4.00. The normalized spacial score (nSPS) is 10.8. The van der Waals surface area contributed by atoms with E-state index in [0.29, 0.717) is 23.3 Å². The summed E-state index contributed by atoms with van der Waals surface area (Å²) in [7, 11) is 0. The number of amides is 2. The summed E-state index contributed by atoms with van der Waals surface area (Å²) in [5, 5.41) is 2.72. The Morgan fingerprint density at radius 3 is 2.16 bits per heavy atom. The van der Waals surface area contributed by atoms with Crippen LogP contribution in [0.5, 0.6) is 0 Å². The Balaban J connectivity index is 1.84. The van der Waals surface area contributed by atoms with E-state index in [2.05, 4.69) is 5.32 Å². The number of rotatable bonds is 5. The van der Waals surface area contributed by atoms with Crippen LogP contribution in [0, 0.1) is 0 Å². The molecule has 0 radical (unpaired) electrons. The van der Waals surface area contributed by atoms with E-state index in [1.165, 1.54) is 16.7 Å². The van der Waals surface area contributed by atoms with Gasteiger partial charge in [0.1, 0.15) is 6.54 Å². The van der Waals surface area contributed by atoms with Gasteiger partial charge in [0.25, 0.3) is 0 Å². The molecule has 0 aliphatic carbocycles. The molecule has 25 heavy (non-hydrogen) atoms. The molecule has 3 rings (SSSR count). The number of carbonyl (C=O) groups is 2. The molecule has 0 fully saturated rings. The van der Waals surface area contributed by atoms with Crippen LogP contribution in [0.1, 0.15) is 17.3 Å². The van der Waals surface area contributed by atoms with Gasteiger partial charge in [-0.3, -0.25) is 18.7 Å². The molecular formula is C18H18N4O3. The smallest absolute Gasteiger partial charge is 0.329 e. The third kappa shape index (κ3) is 3.16. The number of aryl methyl sites for hydroxylation is 1. The Hall–Kier alpha value is -3.35. The minimum Gasteiger partial charge on any atom is -0.366 e. The van der Waals surface area contributed by atoms with Gasteiger partial charge >= 0.3 is 5.69 Å². The van der Waals surface area contributed by atoms with Crippen LogP contribution in [-0.2, 0) is 17.9 Å². The van der Waals surface area contributed by atoms with Crippen molar-refractivity contribution in [3.63, 3.8) is 0 Å². The summed E-state index contributed by atoms with van der Waals surface area (Å²) in [6, 6.07) is 13.6. The van der Waals surface area contributed by atoms with E-state index in [0.717, 1.165) is 5.52 Å². The maximum Gasteiger partial charge on any atom is 0.329 e. The zero-order valence-corrected chi connectivity index (χ0v) is 13.7. The van der Waals surface area contributed by atoms with Gasteiger partial charge in [0.05, 0.1) is 11.0 Å². The van der Waals surface area contributed by atoms with Crippen LogP contribution in [0.3, 0.4) is 0 Å². The van der Waals surface area contributed by atoms with Crippen molar-refractivity contribution in [2.45, 2.75) is 20.0 Å². The molecular weight excluding hydrogens is 320 g/mol. The molecule has 7 nitrogen and oxygen atoms in total. The van der Waals surface area contributed by atoms with Gasteiger partial charge in [-0.1, -0.05) is 12.1 Å². The number of anilines is 1. The monoisotopic (exact) mass is 338 g/mol. The summed E-state index contributed by atoms with van der Waals surface area (Å²) in [4.78, 5) is 35.9. The first-order valence-electron chi connectivity index (χ1n) is 7.89. The fraction of sp³-hybridized carbons (Fsp3) is 0.167. The molecule has 0 unspecified atom stereocenters. The number of hydrogen-bond acceptors (Lipinski definition) is 3. The lowest BCUT2D eigenvalue weighted by molar-refractivity contribution is -0.116. The highest BCUT2D eigenvalue weighted by Crippen LogP contribution is 2.13. The summed E-state index contributed by atoms with van der Waals surface area (Å²) in [5.41, 5.74) is 7.37. The number of aromatic nitrogens is 2. The van der Waals surface area contributed by atoms with E-state index in [-0.39, 0.29) is 18.1 Å². The average Bonchev–Trinajstić information content (AvgIpc) is 2.87. The van der Waals surface area contributed by atoms with Gasteiger partial charge in [0.15, 0.2) is 0 Å². The molecule has 0 aliphatic rings. The lowest BCUT2D eigenvalue weighted by atomic mass is 10.2. The van der Waals surface area contributed by atoms with Gasteiger partial charge in [0.2, 0.25) is 11.8 Å². The average molecular weight is 338 g/mol. The van der Waals surface area contributed by atoms with Gasteiger partial charge in [-0.05, 0) is 43.3 Å². The number of fused-ring (bicyclic) bond motifs is 1. The van der Waals surface area contributed by atoms with Gasteiger partial charge in [-0.2, -0.15) is 0 Å². The predicted molar refractivity (Wildman–Crippen MR) is 95.5 cm³/mol. The van der Waals surface area contributed by atoms with E-state index in [1.807, 2.05) is 31.2 Å². The Morgan fingerprint density at radius 1 is 1.00 bits per heavy atom. The molecule has 0 atom stereocenters. The van der Waals surface area contributed by atoms with Crippen molar-refractivity contribution in [3.05, 3.63) is 64.6 Å². The molecule has 1 heterocycles. The first-order chi connectivity index (χ1) is 12.0. The van der Waals surface area contributed by atoms with Crippen molar-refractivity contribution in [3.8, 4) is 0 Å². The van der Waals surface area contributed by atoms with E-state index < -0.39 is 5.91 Å². The topological polar surface area (TPSA) is 99.1 Å². The number of para-hydroxylation sites is 2. The van der Waals surface area contributed by atoms with Crippen LogP contribution >= 0.6 is 0 Å². The van der Waals surface area contributed by atoms with E-state index in [4.69, 9.17) is 5.73 Å². The number of hydrogen-bond donors (Lipinski definition) is 2. The van der Waals surface area contributed by atoms with Crippen molar-refractivity contribution in [1.29, 1.82) is 0 Å². The number of nitrogens with one attached hydrogen (secondary N) is 1. The van der Waals surface area contributed by atoms with Crippen LogP contribution in [0.2, 0.25) is 0 Å². The predicted octanol–water partition coefficient (Wildman–Crippen LogP) is 1.56. The molecule has 2 amide bonds.